The third-order valence-electron chi connectivity index (χ3n) is 5.23. The first-order chi connectivity index (χ1) is 15.4. The molecule has 0 atom stereocenters. The lowest BCUT2D eigenvalue weighted by Gasteiger charge is -2.19. The van der Waals surface area contributed by atoms with Gasteiger partial charge in [0.05, 0.1) is 16.3 Å². The van der Waals surface area contributed by atoms with Crippen molar-refractivity contribution in [1.82, 2.24) is 14.8 Å². The maximum absolute atomic E-state index is 13.0. The molecule has 1 fully saturated rings. The summed E-state index contributed by atoms with van der Waals surface area (Å²) in [5.41, 5.74) is 0.984. The predicted octanol–water partition coefficient (Wildman–Crippen LogP) is 3.73. The van der Waals surface area contributed by atoms with Crippen LogP contribution in [0.5, 0.6) is 0 Å². The summed E-state index contributed by atoms with van der Waals surface area (Å²) < 4.78 is 29.3. The molecule has 10 heteroatoms. The van der Waals surface area contributed by atoms with Crippen molar-refractivity contribution in [3.63, 3.8) is 0 Å². The molecule has 0 aliphatic heterocycles. The van der Waals surface area contributed by atoms with E-state index in [4.69, 9.17) is 0 Å². The molecular weight excluding hydrogens is 446 g/mol. The van der Waals surface area contributed by atoms with Gasteiger partial charge in [-0.3, -0.25) is 9.10 Å². The molecule has 168 valence electrons. The molecule has 1 aliphatic carbocycles. The fraction of sp³-hybridized carbons (Fsp3) is 0.318. The highest BCUT2D eigenvalue weighted by Gasteiger charge is 2.30. The van der Waals surface area contributed by atoms with Gasteiger partial charge < -0.3 is 9.88 Å². The summed E-state index contributed by atoms with van der Waals surface area (Å²) in [5, 5.41) is 12.0. The number of rotatable bonds is 9. The van der Waals surface area contributed by atoms with E-state index in [1.165, 1.54) is 35.2 Å². The summed E-state index contributed by atoms with van der Waals surface area (Å²) in [6.45, 7) is 2.80. The number of aromatic nitrogens is 3. The highest BCUT2D eigenvalue weighted by Crippen LogP contribution is 2.40. The van der Waals surface area contributed by atoms with E-state index in [1.807, 2.05) is 13.0 Å². The van der Waals surface area contributed by atoms with Gasteiger partial charge in [-0.25, -0.2) is 8.42 Å². The number of carbonyl (C=O) groups excluding carboxylic acids is 1. The molecule has 2 aromatic carbocycles. The van der Waals surface area contributed by atoms with E-state index >= 15 is 0 Å². The molecule has 0 spiro atoms. The van der Waals surface area contributed by atoms with Crippen molar-refractivity contribution < 1.29 is 13.2 Å². The Hall–Kier alpha value is -2.85. The second-order valence-electron chi connectivity index (χ2n) is 7.53. The van der Waals surface area contributed by atoms with Gasteiger partial charge in [-0.15, -0.1) is 10.2 Å². The molecule has 1 aliphatic rings. The Morgan fingerprint density at radius 1 is 1.16 bits per heavy atom. The van der Waals surface area contributed by atoms with Crippen LogP contribution in [-0.2, 0) is 21.4 Å². The minimum atomic E-state index is -3.76. The lowest BCUT2D eigenvalue weighted by molar-refractivity contribution is -0.113. The summed E-state index contributed by atoms with van der Waals surface area (Å²) in [4.78, 5) is 12.6. The van der Waals surface area contributed by atoms with Gasteiger partial charge in [0, 0.05) is 25.2 Å². The molecule has 1 N–H and O–H groups in total. The van der Waals surface area contributed by atoms with Crippen LogP contribution in [0.4, 0.5) is 11.4 Å². The van der Waals surface area contributed by atoms with Gasteiger partial charge in [0.25, 0.3) is 10.0 Å². The van der Waals surface area contributed by atoms with Gasteiger partial charge in [0.2, 0.25) is 5.91 Å². The molecule has 1 amide bonds. The summed E-state index contributed by atoms with van der Waals surface area (Å²) in [6, 6.07) is 15.1. The van der Waals surface area contributed by atoms with E-state index in [9.17, 15) is 13.2 Å². The molecule has 32 heavy (non-hydrogen) atoms. The first-order valence-corrected chi connectivity index (χ1v) is 12.8. The molecule has 0 unspecified atom stereocenters. The summed E-state index contributed by atoms with van der Waals surface area (Å²) in [5.74, 6) is 1.41. The zero-order chi connectivity index (χ0) is 22.7. The second-order valence-corrected chi connectivity index (χ2v) is 10.4. The monoisotopic (exact) mass is 471 g/mol. The quantitative estimate of drug-likeness (QED) is 0.478. The largest absolute Gasteiger partial charge is 0.325 e. The number of benzene rings is 2. The fourth-order valence-electron chi connectivity index (χ4n) is 3.34. The highest BCUT2D eigenvalue weighted by molar-refractivity contribution is 7.99. The smallest absolute Gasteiger partial charge is 0.264 e. The third kappa shape index (κ3) is 4.81. The number of hydrogen-bond donors (Lipinski definition) is 1. The molecule has 1 aromatic heterocycles. The van der Waals surface area contributed by atoms with Crippen molar-refractivity contribution in [2.24, 2.45) is 0 Å². The van der Waals surface area contributed by atoms with Gasteiger partial charge >= 0.3 is 0 Å². The zero-order valence-electron chi connectivity index (χ0n) is 17.9. The fourth-order valence-corrected chi connectivity index (χ4v) is 5.40. The first-order valence-electron chi connectivity index (χ1n) is 10.4. The Morgan fingerprint density at radius 2 is 1.91 bits per heavy atom. The lowest BCUT2D eigenvalue weighted by Crippen LogP contribution is -2.26. The number of hydrogen-bond acceptors (Lipinski definition) is 6. The molecule has 1 heterocycles. The molecule has 4 rings (SSSR count). The molecule has 8 nitrogen and oxygen atoms in total. The maximum Gasteiger partial charge on any atom is 0.264 e. The minimum Gasteiger partial charge on any atom is -0.325 e. The van der Waals surface area contributed by atoms with Crippen molar-refractivity contribution in [2.75, 3.05) is 22.4 Å². The van der Waals surface area contributed by atoms with Crippen molar-refractivity contribution in [2.45, 2.75) is 42.3 Å². The summed E-state index contributed by atoms with van der Waals surface area (Å²) in [7, 11) is -2.25. The Kier molecular flexibility index (Phi) is 6.52. The van der Waals surface area contributed by atoms with Gasteiger partial charge in [-0.2, -0.15) is 0 Å². The number of sulfonamides is 1. The number of nitrogens with zero attached hydrogens (tertiary/aromatic N) is 4. The highest BCUT2D eigenvalue weighted by atomic mass is 32.2. The maximum atomic E-state index is 13.0. The van der Waals surface area contributed by atoms with Gasteiger partial charge in [-0.1, -0.05) is 36.0 Å². The average Bonchev–Trinajstić information content (AvgIpc) is 3.57. The molecule has 0 bridgehead atoms. The van der Waals surface area contributed by atoms with Crippen molar-refractivity contribution in [3.05, 3.63) is 60.4 Å². The third-order valence-corrected chi connectivity index (χ3v) is 7.98. The van der Waals surface area contributed by atoms with E-state index in [-0.39, 0.29) is 16.6 Å². The minimum absolute atomic E-state index is 0.106. The van der Waals surface area contributed by atoms with E-state index < -0.39 is 10.0 Å². The average molecular weight is 472 g/mol. The second kappa shape index (κ2) is 9.33. The Morgan fingerprint density at radius 3 is 2.59 bits per heavy atom. The van der Waals surface area contributed by atoms with Crippen molar-refractivity contribution >= 4 is 39.1 Å². The normalized spacial score (nSPS) is 13.7. The van der Waals surface area contributed by atoms with Crippen LogP contribution in [0.25, 0.3) is 0 Å². The molecule has 3 aromatic rings. The molecule has 1 saturated carbocycles. The molecule has 0 saturated heterocycles. The van der Waals surface area contributed by atoms with E-state index in [0.717, 1.165) is 30.4 Å². The Labute approximate surface area is 192 Å². The molecular formula is C22H25N5O3S2. The van der Waals surface area contributed by atoms with Crippen molar-refractivity contribution in [1.29, 1.82) is 0 Å². The number of nitrogens with one attached hydrogen (secondary N) is 1. The first kappa shape index (κ1) is 22.3. The van der Waals surface area contributed by atoms with Gasteiger partial charge in [0.1, 0.15) is 5.82 Å². The van der Waals surface area contributed by atoms with E-state index in [0.29, 0.717) is 17.3 Å². The summed E-state index contributed by atoms with van der Waals surface area (Å²) in [6.07, 6.45) is 2.28. The van der Waals surface area contributed by atoms with E-state index in [2.05, 4.69) is 20.1 Å². The molecule has 0 radical (unpaired) electrons. The predicted molar refractivity (Wildman–Crippen MR) is 125 cm³/mol. The van der Waals surface area contributed by atoms with Crippen molar-refractivity contribution in [3.8, 4) is 0 Å². The van der Waals surface area contributed by atoms with Crippen LogP contribution in [0.1, 0.15) is 31.5 Å². The van der Waals surface area contributed by atoms with E-state index in [1.54, 1.807) is 36.4 Å². The van der Waals surface area contributed by atoms with Crippen LogP contribution in [0.15, 0.2) is 64.6 Å². The Bertz CT molecular complexity index is 1210. The van der Waals surface area contributed by atoms with Gasteiger partial charge in [-0.05, 0) is 50.1 Å². The number of para-hydroxylation sites is 1. The number of amides is 1. The standard InChI is InChI=1S/C22H25N5O3S2/c1-3-27-21(16-12-13-16)24-25-22(27)31-15-20(28)23-17-8-7-11-19(14-17)32(29,30)26(2)18-9-5-4-6-10-18/h4-11,14,16H,3,12-13,15H2,1-2H3,(H,23,28). The number of thioether (sulfide) groups is 1. The van der Waals surface area contributed by atoms with Crippen LogP contribution in [-0.4, -0.2) is 41.9 Å². The van der Waals surface area contributed by atoms with Crippen LogP contribution >= 0.6 is 11.8 Å². The van der Waals surface area contributed by atoms with Gasteiger partial charge in [0.15, 0.2) is 5.16 Å². The number of carbonyl (C=O) groups is 1. The lowest BCUT2D eigenvalue weighted by atomic mass is 10.3. The zero-order valence-corrected chi connectivity index (χ0v) is 19.6. The van der Waals surface area contributed by atoms with Crippen LogP contribution in [0, 0.1) is 0 Å². The van der Waals surface area contributed by atoms with Crippen LogP contribution in [0.2, 0.25) is 0 Å². The number of anilines is 2. The summed E-state index contributed by atoms with van der Waals surface area (Å²) >= 11 is 1.33. The van der Waals surface area contributed by atoms with Crippen LogP contribution in [0.3, 0.4) is 0 Å². The van der Waals surface area contributed by atoms with Crippen LogP contribution < -0.4 is 9.62 Å². The SMILES string of the molecule is CCn1c(SCC(=O)Nc2cccc(S(=O)(=O)N(C)c3ccccc3)c2)nnc1C1CC1. The topological polar surface area (TPSA) is 97.2 Å². The Balaban J connectivity index is 1.42.